The summed E-state index contributed by atoms with van der Waals surface area (Å²) in [6.07, 6.45) is 72.1. The van der Waals surface area contributed by atoms with Crippen LogP contribution >= 0.6 is 0 Å². The number of rotatable bonds is 57. The van der Waals surface area contributed by atoms with Crippen molar-refractivity contribution in [1.82, 2.24) is 5.32 Å². The van der Waals surface area contributed by atoms with E-state index in [0.717, 1.165) is 57.8 Å². The van der Waals surface area contributed by atoms with E-state index < -0.39 is 49.5 Å². The van der Waals surface area contributed by atoms with Crippen LogP contribution in [0.2, 0.25) is 0 Å². The van der Waals surface area contributed by atoms with E-state index in [0.29, 0.717) is 6.42 Å². The highest BCUT2D eigenvalue weighted by Crippen LogP contribution is 2.23. The van der Waals surface area contributed by atoms with E-state index in [2.05, 4.69) is 67.8 Å². The van der Waals surface area contributed by atoms with Crippen LogP contribution in [-0.4, -0.2) is 87.5 Å². The molecule has 1 fully saturated rings. The van der Waals surface area contributed by atoms with Crippen molar-refractivity contribution in [2.24, 2.45) is 0 Å². The third-order valence-corrected chi connectivity index (χ3v) is 15.5. The van der Waals surface area contributed by atoms with Crippen molar-refractivity contribution in [3.05, 3.63) is 60.8 Å². The van der Waals surface area contributed by atoms with Gasteiger partial charge in [-0.15, -0.1) is 0 Å². The molecule has 9 heteroatoms. The van der Waals surface area contributed by atoms with E-state index in [-0.39, 0.29) is 12.5 Å². The average Bonchev–Trinajstić information content (AvgIpc) is 3.43. The van der Waals surface area contributed by atoms with Gasteiger partial charge in [-0.2, -0.15) is 0 Å². The Kier molecular flexibility index (Phi) is 54.1. The van der Waals surface area contributed by atoms with Gasteiger partial charge >= 0.3 is 0 Å². The second kappa shape index (κ2) is 57.1. The normalized spacial score (nSPS) is 19.1. The maximum absolute atomic E-state index is 13.0. The average molecular weight is 1080 g/mol. The molecule has 1 aliphatic heterocycles. The third kappa shape index (κ3) is 46.2. The van der Waals surface area contributed by atoms with Crippen LogP contribution in [0.15, 0.2) is 60.8 Å². The number of hydrogen-bond donors (Lipinski definition) is 6. The van der Waals surface area contributed by atoms with Crippen molar-refractivity contribution in [3.63, 3.8) is 0 Å². The van der Waals surface area contributed by atoms with Crippen LogP contribution in [0.1, 0.15) is 309 Å². The van der Waals surface area contributed by atoms with E-state index in [1.54, 1.807) is 6.08 Å². The summed E-state index contributed by atoms with van der Waals surface area (Å²) in [4.78, 5) is 13.0. The van der Waals surface area contributed by atoms with Gasteiger partial charge < -0.3 is 40.3 Å². The summed E-state index contributed by atoms with van der Waals surface area (Å²) in [6, 6.07) is -0.827. The van der Waals surface area contributed by atoms with Crippen molar-refractivity contribution in [3.8, 4) is 0 Å². The van der Waals surface area contributed by atoms with E-state index in [9.17, 15) is 30.3 Å². The Balaban J connectivity index is 2.01. The Morgan fingerprint density at radius 2 is 0.779 bits per heavy atom. The van der Waals surface area contributed by atoms with Crippen LogP contribution in [-0.2, 0) is 14.3 Å². The van der Waals surface area contributed by atoms with Gasteiger partial charge in [0.2, 0.25) is 5.91 Å². The smallest absolute Gasteiger partial charge is 0.220 e. The van der Waals surface area contributed by atoms with Crippen LogP contribution in [0, 0.1) is 0 Å². The molecule has 0 spiro atoms. The largest absolute Gasteiger partial charge is 0.394 e. The zero-order chi connectivity index (χ0) is 55.8. The molecule has 6 N–H and O–H groups in total. The molecule has 0 aromatic rings. The topological polar surface area (TPSA) is 149 Å². The van der Waals surface area contributed by atoms with E-state index in [1.165, 1.54) is 231 Å². The maximum atomic E-state index is 13.0. The predicted octanol–water partition coefficient (Wildman–Crippen LogP) is 17.4. The Morgan fingerprint density at radius 1 is 0.442 bits per heavy atom. The van der Waals surface area contributed by atoms with Crippen LogP contribution in [0.5, 0.6) is 0 Å². The lowest BCUT2D eigenvalue weighted by atomic mass is 9.99. The summed E-state index contributed by atoms with van der Waals surface area (Å²) < 4.78 is 11.2. The van der Waals surface area contributed by atoms with Gasteiger partial charge in [0.15, 0.2) is 6.29 Å². The highest BCUT2D eigenvalue weighted by Gasteiger charge is 2.44. The molecule has 0 aromatic heterocycles. The SMILES string of the molecule is CCCCC/C=C/CC/C=C/CC/C=C/C(O)C(COC1OC(CO)C(O)C(O)C1O)NC(=O)CCCCCCCCCCCCCCCCCCCCCCCCCCCCCCC/C=C\C/C=C\CCCCCCC. The standard InChI is InChI=1S/C68H125NO8/c1-3-5-7-9-11-13-15-17-18-19-20-21-22-23-24-25-26-27-28-29-30-31-32-33-34-35-36-37-38-39-40-41-42-43-44-46-48-50-52-54-56-58-64(72)69-61(60-76-68-67(75)66(74)65(73)63(59-70)77-68)62(71)57-55-53-51-49-47-45-16-14-12-10-8-6-4-2/h12,14-15,17,19-20,47,49,55,57,61-63,65-68,70-71,73-75H,3-11,13,16,18,21-46,48,50-54,56,58-60H2,1-2H3,(H,69,72)/b14-12+,17-15-,20-19-,49-47+,57-55+. The molecule has 9 nitrogen and oxygen atoms in total. The van der Waals surface area contributed by atoms with Crippen LogP contribution in [0.25, 0.3) is 0 Å². The number of allylic oxidation sites excluding steroid dienone is 9. The highest BCUT2D eigenvalue weighted by atomic mass is 16.7. The number of nitrogens with one attached hydrogen (secondary N) is 1. The van der Waals surface area contributed by atoms with Crippen LogP contribution < -0.4 is 5.32 Å². The molecule has 0 bridgehead atoms. The number of amides is 1. The molecule has 7 atom stereocenters. The number of carbonyl (C=O) groups excluding carboxylic acids is 1. The lowest BCUT2D eigenvalue weighted by Gasteiger charge is -2.40. The number of hydrogen-bond acceptors (Lipinski definition) is 8. The maximum Gasteiger partial charge on any atom is 0.220 e. The van der Waals surface area contributed by atoms with Crippen molar-refractivity contribution in [2.75, 3.05) is 13.2 Å². The molecule has 1 heterocycles. The second-order valence-electron chi connectivity index (χ2n) is 22.9. The first-order chi connectivity index (χ1) is 37.8. The second-order valence-corrected chi connectivity index (χ2v) is 22.9. The number of ether oxygens (including phenoxy) is 2. The first-order valence-corrected chi connectivity index (χ1v) is 33.0. The quantitative estimate of drug-likeness (QED) is 0.0261. The molecule has 0 radical (unpaired) electrons. The number of aliphatic hydroxyl groups excluding tert-OH is 5. The highest BCUT2D eigenvalue weighted by molar-refractivity contribution is 5.76. The van der Waals surface area contributed by atoms with Crippen molar-refractivity contribution in [1.29, 1.82) is 0 Å². The summed E-state index contributed by atoms with van der Waals surface area (Å²) in [5.74, 6) is -0.188. The Morgan fingerprint density at radius 3 is 1.19 bits per heavy atom. The molecule has 77 heavy (non-hydrogen) atoms. The van der Waals surface area contributed by atoms with Gasteiger partial charge in [0.25, 0.3) is 0 Å². The van der Waals surface area contributed by atoms with Gasteiger partial charge in [-0.25, -0.2) is 0 Å². The third-order valence-electron chi connectivity index (χ3n) is 15.5. The number of aliphatic hydroxyl groups is 5. The van der Waals surface area contributed by atoms with Gasteiger partial charge in [-0.05, 0) is 77.0 Å². The zero-order valence-electron chi connectivity index (χ0n) is 50.2. The van der Waals surface area contributed by atoms with Crippen molar-refractivity contribution < 1.29 is 39.8 Å². The molecule has 0 saturated carbocycles. The molecule has 0 aliphatic carbocycles. The molecule has 0 aromatic carbocycles. The number of unbranched alkanes of at least 4 members (excludes halogenated alkanes) is 39. The van der Waals surface area contributed by atoms with E-state index in [4.69, 9.17) is 9.47 Å². The van der Waals surface area contributed by atoms with Crippen molar-refractivity contribution in [2.45, 2.75) is 352 Å². The summed E-state index contributed by atoms with van der Waals surface area (Å²) in [6.45, 7) is 3.73. The van der Waals surface area contributed by atoms with Crippen LogP contribution in [0.3, 0.4) is 0 Å². The first kappa shape index (κ1) is 72.9. The summed E-state index contributed by atoms with van der Waals surface area (Å²) in [5.41, 5.74) is 0. The van der Waals surface area contributed by atoms with Gasteiger partial charge in [-0.3, -0.25) is 4.79 Å². The zero-order valence-corrected chi connectivity index (χ0v) is 50.2. The molecule has 1 aliphatic rings. The number of carbonyl (C=O) groups is 1. The Bertz CT molecular complexity index is 1400. The fourth-order valence-corrected chi connectivity index (χ4v) is 10.3. The molecule has 450 valence electrons. The molecular formula is C68H125NO8. The fraction of sp³-hybridized carbons (Fsp3) is 0.838. The van der Waals surface area contributed by atoms with Gasteiger partial charge in [-0.1, -0.05) is 286 Å². The molecule has 7 unspecified atom stereocenters. The molecule has 1 saturated heterocycles. The van der Waals surface area contributed by atoms with Gasteiger partial charge in [0.1, 0.15) is 24.4 Å². The van der Waals surface area contributed by atoms with Crippen LogP contribution in [0.4, 0.5) is 0 Å². The first-order valence-electron chi connectivity index (χ1n) is 33.0. The van der Waals surface area contributed by atoms with E-state index in [1.807, 2.05) is 6.08 Å². The van der Waals surface area contributed by atoms with Gasteiger partial charge in [0, 0.05) is 6.42 Å². The van der Waals surface area contributed by atoms with Crippen molar-refractivity contribution >= 4 is 5.91 Å². The fourth-order valence-electron chi connectivity index (χ4n) is 10.3. The minimum absolute atomic E-state index is 0.188. The van der Waals surface area contributed by atoms with E-state index >= 15 is 0 Å². The summed E-state index contributed by atoms with van der Waals surface area (Å²) >= 11 is 0. The summed E-state index contributed by atoms with van der Waals surface area (Å²) in [5, 5.41) is 54.4. The Hall–Kier alpha value is -2.11. The molecule has 1 rings (SSSR count). The summed E-state index contributed by atoms with van der Waals surface area (Å²) in [7, 11) is 0. The lowest BCUT2D eigenvalue weighted by Crippen LogP contribution is -2.60. The minimum atomic E-state index is -1.57. The molecular weight excluding hydrogens is 959 g/mol. The minimum Gasteiger partial charge on any atom is -0.394 e. The monoisotopic (exact) mass is 1080 g/mol. The predicted molar refractivity (Wildman–Crippen MR) is 327 cm³/mol. The van der Waals surface area contributed by atoms with Gasteiger partial charge in [0.05, 0.1) is 25.4 Å². The Labute approximate surface area is 475 Å². The lowest BCUT2D eigenvalue weighted by molar-refractivity contribution is -0.302. The molecule has 1 amide bonds.